The minimum atomic E-state index is -1.30. The molecule has 0 aliphatic rings. The summed E-state index contributed by atoms with van der Waals surface area (Å²) in [5.74, 6) is -2.84. The molecule has 1 N–H and O–H groups in total. The van der Waals surface area contributed by atoms with Crippen molar-refractivity contribution in [2.24, 2.45) is 0 Å². The number of rotatable bonds is 4. The second-order valence-electron chi connectivity index (χ2n) is 1.67. The minimum Gasteiger partial charge on any atom is -0.549 e. The molecule has 0 atom stereocenters. The molecule has 0 heterocycles. The number of thioether (sulfide) groups is 1. The number of hydrogen-bond donors (Lipinski definition) is 1. The van der Waals surface area contributed by atoms with Gasteiger partial charge in [-0.15, -0.1) is 0 Å². The molecular weight excluding hydrogens is 216 g/mol. The maximum atomic E-state index is 9.89. The molecule has 0 aliphatic heterocycles. The van der Waals surface area contributed by atoms with Gasteiger partial charge in [0.2, 0.25) is 0 Å². The Labute approximate surface area is 115 Å². The van der Waals surface area contributed by atoms with Gasteiger partial charge in [0.25, 0.3) is 0 Å². The number of thiocarbonyl (C=S) groups is 1. The fourth-order valence-electron chi connectivity index (χ4n) is 0.320. The minimum absolute atomic E-state index is 0. The van der Waals surface area contributed by atoms with Gasteiger partial charge >= 0.3 is 37.7 Å². The molecule has 0 fully saturated rings. The predicted octanol–water partition coefficient (Wildman–Crippen LogP) is -8.90. The van der Waals surface area contributed by atoms with Gasteiger partial charge in [-0.25, -0.2) is 0 Å². The number of carbonyl (C=O) groups is 2. The molecule has 0 amide bonds. The van der Waals surface area contributed by atoms with Crippen molar-refractivity contribution in [2.45, 2.75) is 0 Å². The van der Waals surface area contributed by atoms with E-state index in [9.17, 15) is 19.8 Å². The van der Waals surface area contributed by atoms with Crippen molar-refractivity contribution in [1.82, 2.24) is 5.32 Å². The van der Waals surface area contributed by atoms with E-state index in [1.807, 2.05) is 0 Å². The molecule has 0 aromatic carbocycles. The van der Waals surface area contributed by atoms with Gasteiger partial charge in [-0.3, -0.25) is 0 Å². The van der Waals surface area contributed by atoms with Crippen LogP contribution < -0.4 is 53.3 Å². The van der Waals surface area contributed by atoms with Crippen molar-refractivity contribution in [3.05, 3.63) is 0 Å². The smallest absolute Gasteiger partial charge is 0.549 e. The van der Waals surface area contributed by atoms with Gasteiger partial charge < -0.3 is 25.1 Å². The summed E-state index contributed by atoms with van der Waals surface area (Å²) < 4.78 is 0.100. The number of carbonyl (C=O) groups excluding carboxylic acids is 2. The van der Waals surface area contributed by atoms with Gasteiger partial charge in [0.15, 0.2) is 0 Å². The molecule has 0 saturated heterocycles. The second kappa shape index (κ2) is 11.4. The van der Waals surface area contributed by atoms with Crippen molar-refractivity contribution in [1.29, 1.82) is 0 Å². The van der Waals surface area contributed by atoms with Gasteiger partial charge in [-0.2, -0.15) is 0 Å². The Bertz CT molecular complexity index is 194. The van der Waals surface area contributed by atoms with Crippen LogP contribution in [0.5, 0.6) is 0 Å². The zero-order valence-corrected chi connectivity index (χ0v) is 9.50. The standard InChI is InChI=1S/C5H7NO4S2.2Li/c7-3(8)1-6-5(11)12-2-4(9)10;;/h1-2H2,(H,6,11)(H,7,8)(H,9,10);;/q;2*+1/p-2. The first-order valence-corrected chi connectivity index (χ1v) is 4.22. The number of carboxylic acids is 2. The molecule has 0 aromatic rings. The van der Waals surface area contributed by atoms with Crippen LogP contribution in [0.4, 0.5) is 0 Å². The fourth-order valence-corrected chi connectivity index (χ4v) is 0.992. The number of aliphatic carboxylic acids is 2. The first kappa shape index (κ1) is 19.9. The third kappa shape index (κ3) is 14.9. The van der Waals surface area contributed by atoms with Crippen molar-refractivity contribution in [3.63, 3.8) is 0 Å². The van der Waals surface area contributed by atoms with Crippen LogP contribution in [-0.4, -0.2) is 28.6 Å². The molecule has 0 rings (SSSR count). The number of nitrogens with one attached hydrogen (secondary N) is 1. The Morgan fingerprint density at radius 3 is 2.07 bits per heavy atom. The predicted molar refractivity (Wildman–Crippen MR) is 43.1 cm³/mol. The van der Waals surface area contributed by atoms with Crippen LogP contribution in [0.3, 0.4) is 0 Å². The summed E-state index contributed by atoms with van der Waals surface area (Å²) in [6.07, 6.45) is 0. The largest absolute Gasteiger partial charge is 1.00 e. The summed E-state index contributed by atoms with van der Waals surface area (Å²) in [4.78, 5) is 19.8. The van der Waals surface area contributed by atoms with Crippen LogP contribution in [-0.2, 0) is 9.59 Å². The van der Waals surface area contributed by atoms with Crippen LogP contribution in [0.1, 0.15) is 0 Å². The molecular formula is C5H5Li2NO4S2. The molecule has 0 radical (unpaired) electrons. The second-order valence-corrected chi connectivity index (χ2v) is 3.33. The maximum Gasteiger partial charge on any atom is 1.00 e. The topological polar surface area (TPSA) is 92.3 Å². The molecule has 5 nitrogen and oxygen atoms in total. The van der Waals surface area contributed by atoms with E-state index in [0.29, 0.717) is 0 Å². The zero-order valence-electron chi connectivity index (χ0n) is 7.86. The molecule has 0 saturated carbocycles. The van der Waals surface area contributed by atoms with Crippen molar-refractivity contribution >= 4 is 40.2 Å². The van der Waals surface area contributed by atoms with Gasteiger partial charge in [-0.05, 0) is 0 Å². The van der Waals surface area contributed by atoms with Gasteiger partial charge in [0.05, 0.1) is 18.5 Å². The molecule has 0 aromatic heterocycles. The van der Waals surface area contributed by atoms with Gasteiger partial charge in [-0.1, -0.05) is 24.0 Å². The van der Waals surface area contributed by atoms with Gasteiger partial charge in [0, 0.05) is 5.75 Å². The van der Waals surface area contributed by atoms with Crippen molar-refractivity contribution in [2.75, 3.05) is 12.3 Å². The monoisotopic (exact) mass is 221 g/mol. The molecule has 9 heteroatoms. The third-order valence-electron chi connectivity index (χ3n) is 0.698. The Balaban J connectivity index is -0.000000605. The van der Waals surface area contributed by atoms with Crippen LogP contribution in [0, 0.1) is 0 Å². The fraction of sp³-hybridized carbons (Fsp3) is 0.400. The van der Waals surface area contributed by atoms with E-state index < -0.39 is 18.5 Å². The van der Waals surface area contributed by atoms with E-state index in [0.717, 1.165) is 11.8 Å². The maximum absolute atomic E-state index is 9.89. The van der Waals surface area contributed by atoms with Crippen LogP contribution >= 0.6 is 24.0 Å². The number of carboxylic acid groups (broad SMARTS) is 2. The van der Waals surface area contributed by atoms with E-state index in [1.165, 1.54) is 0 Å². The molecule has 68 valence electrons. The Kier molecular flexibility index (Phi) is 16.3. The first-order valence-electron chi connectivity index (χ1n) is 2.82. The molecule has 0 unspecified atom stereocenters. The third-order valence-corrected chi connectivity index (χ3v) is 1.98. The van der Waals surface area contributed by atoms with E-state index in [4.69, 9.17) is 0 Å². The van der Waals surface area contributed by atoms with E-state index in [-0.39, 0.29) is 47.8 Å². The number of hydrogen-bond acceptors (Lipinski definition) is 6. The average Bonchev–Trinajstić information content (AvgIpc) is 1.96. The van der Waals surface area contributed by atoms with E-state index in [2.05, 4.69) is 17.5 Å². The molecule has 14 heavy (non-hydrogen) atoms. The molecule has 0 bridgehead atoms. The van der Waals surface area contributed by atoms with Gasteiger partial charge in [0.1, 0.15) is 4.32 Å². The normalized spacial score (nSPS) is 7.71. The summed E-state index contributed by atoms with van der Waals surface area (Å²) in [5.41, 5.74) is 0. The van der Waals surface area contributed by atoms with E-state index in [1.54, 1.807) is 0 Å². The Morgan fingerprint density at radius 2 is 1.71 bits per heavy atom. The average molecular weight is 221 g/mol. The van der Waals surface area contributed by atoms with Crippen molar-refractivity contribution < 1.29 is 57.5 Å². The quantitative estimate of drug-likeness (QED) is 0.372. The first-order chi connectivity index (χ1) is 5.52. The summed E-state index contributed by atoms with van der Waals surface area (Å²) in [6.45, 7) is -0.418. The van der Waals surface area contributed by atoms with Crippen molar-refractivity contribution in [3.8, 4) is 0 Å². The SMILES string of the molecule is O=C([O-])CNC(=S)SCC(=O)[O-].[Li+].[Li+]. The van der Waals surface area contributed by atoms with Crippen LogP contribution in [0.15, 0.2) is 0 Å². The summed E-state index contributed by atoms with van der Waals surface area (Å²) in [5, 5.41) is 22.0. The summed E-state index contributed by atoms with van der Waals surface area (Å²) in [7, 11) is 0. The van der Waals surface area contributed by atoms with E-state index >= 15 is 0 Å². The molecule has 0 aliphatic carbocycles. The zero-order chi connectivity index (χ0) is 9.56. The van der Waals surface area contributed by atoms with Crippen LogP contribution in [0.2, 0.25) is 0 Å². The van der Waals surface area contributed by atoms with Crippen LogP contribution in [0.25, 0.3) is 0 Å². The summed E-state index contributed by atoms with van der Waals surface area (Å²) in [6, 6.07) is 0. The Morgan fingerprint density at radius 1 is 1.21 bits per heavy atom. The molecule has 0 spiro atoms. The Hall–Kier alpha value is 0.375. The summed E-state index contributed by atoms with van der Waals surface area (Å²) >= 11 is 5.35.